The Labute approximate surface area is 128 Å². The molecule has 114 valence electrons. The highest BCUT2D eigenvalue weighted by Gasteiger charge is 2.27. The monoisotopic (exact) mass is 317 g/mol. The number of hydrogen-bond donors (Lipinski definition) is 1. The van der Waals surface area contributed by atoms with Crippen molar-refractivity contribution in [3.63, 3.8) is 0 Å². The van der Waals surface area contributed by atoms with Gasteiger partial charge in [0.15, 0.2) is 11.5 Å². The van der Waals surface area contributed by atoms with Gasteiger partial charge >= 0.3 is 0 Å². The number of rotatable bonds is 4. The Morgan fingerprint density at radius 2 is 1.82 bits per heavy atom. The topological polar surface area (TPSA) is 78.6 Å². The molecule has 0 saturated heterocycles. The van der Waals surface area contributed by atoms with Gasteiger partial charge in [0.25, 0.3) is 0 Å². The number of anilines is 1. The van der Waals surface area contributed by atoms with Crippen LogP contribution in [0.3, 0.4) is 0 Å². The van der Waals surface area contributed by atoms with Gasteiger partial charge in [0, 0.05) is 22.2 Å². The minimum absolute atomic E-state index is 0.135. The lowest BCUT2D eigenvalue weighted by molar-refractivity contribution is 0.331. The van der Waals surface area contributed by atoms with E-state index in [0.717, 1.165) is 0 Å². The van der Waals surface area contributed by atoms with Crippen molar-refractivity contribution >= 4 is 21.1 Å². The van der Waals surface area contributed by atoms with E-state index in [-0.39, 0.29) is 11.5 Å². The molecule has 1 heterocycles. The number of ether oxygens (including phenoxy) is 2. The van der Waals surface area contributed by atoms with Crippen molar-refractivity contribution < 1.29 is 17.9 Å². The van der Waals surface area contributed by atoms with Crippen LogP contribution in [0.5, 0.6) is 11.5 Å². The maximum Gasteiger partial charge on any atom is 0.200 e. The Balaban J connectivity index is 1.89. The summed E-state index contributed by atoms with van der Waals surface area (Å²) in [7, 11) is -1.90. The number of nitrogen functional groups attached to an aromatic ring is 1. The smallest absolute Gasteiger partial charge is 0.200 e. The lowest BCUT2D eigenvalue weighted by Crippen LogP contribution is -2.01. The average molecular weight is 317 g/mol. The molecule has 5 nitrogen and oxygen atoms in total. The second-order valence-corrected chi connectivity index (χ2v) is 6.65. The minimum atomic E-state index is -3.45. The fourth-order valence-corrected chi connectivity index (χ4v) is 3.86. The Bertz CT molecular complexity index is 856. The van der Waals surface area contributed by atoms with Crippen molar-refractivity contribution in [3.8, 4) is 11.5 Å². The normalized spacial score (nSPS) is 15.0. The minimum Gasteiger partial charge on any atom is -0.493 e. The third-order valence-corrected chi connectivity index (χ3v) is 4.95. The third-order valence-electron chi connectivity index (χ3n) is 3.41. The maximum atomic E-state index is 12.1. The number of fused-ring (bicyclic) bond motifs is 1. The van der Waals surface area contributed by atoms with Crippen molar-refractivity contribution in [1.82, 2.24) is 0 Å². The van der Waals surface area contributed by atoms with Crippen molar-refractivity contribution in [2.75, 3.05) is 19.5 Å². The van der Waals surface area contributed by atoms with Crippen LogP contribution in [-0.4, -0.2) is 22.1 Å². The van der Waals surface area contributed by atoms with Crippen LogP contribution in [0.15, 0.2) is 52.8 Å². The number of hydrogen-bond acceptors (Lipinski definition) is 5. The fraction of sp³-hybridized carbons (Fsp3) is 0.125. The van der Waals surface area contributed by atoms with E-state index in [9.17, 15) is 8.42 Å². The number of para-hydroxylation sites is 2. The van der Waals surface area contributed by atoms with Crippen LogP contribution in [0.2, 0.25) is 0 Å². The predicted molar refractivity (Wildman–Crippen MR) is 84.5 cm³/mol. The lowest BCUT2D eigenvalue weighted by Gasteiger charge is -2.11. The van der Waals surface area contributed by atoms with Gasteiger partial charge in [-0.15, -0.1) is 0 Å². The van der Waals surface area contributed by atoms with Gasteiger partial charge in [0.2, 0.25) is 9.84 Å². The van der Waals surface area contributed by atoms with Crippen LogP contribution < -0.4 is 15.2 Å². The Kier molecular flexibility index (Phi) is 3.54. The van der Waals surface area contributed by atoms with Crippen LogP contribution in [0.1, 0.15) is 5.56 Å². The number of methoxy groups -OCH3 is 1. The molecule has 0 atom stereocenters. The molecule has 2 N–H and O–H groups in total. The first-order valence-corrected chi connectivity index (χ1v) is 8.17. The van der Waals surface area contributed by atoms with Crippen LogP contribution >= 0.6 is 0 Å². The van der Waals surface area contributed by atoms with Gasteiger partial charge in [-0.05, 0) is 24.3 Å². The fourth-order valence-electron chi connectivity index (χ4n) is 2.36. The Morgan fingerprint density at radius 3 is 2.55 bits per heavy atom. The zero-order chi connectivity index (χ0) is 15.7. The molecule has 0 aliphatic carbocycles. The maximum absolute atomic E-state index is 12.1. The summed E-state index contributed by atoms with van der Waals surface area (Å²) in [5, 5.41) is 1.23. The van der Waals surface area contributed by atoms with Crippen molar-refractivity contribution in [3.05, 3.63) is 53.4 Å². The van der Waals surface area contributed by atoms with E-state index in [2.05, 4.69) is 0 Å². The zero-order valence-corrected chi connectivity index (χ0v) is 12.8. The van der Waals surface area contributed by atoms with Gasteiger partial charge in [-0.2, -0.15) is 0 Å². The van der Waals surface area contributed by atoms with Gasteiger partial charge in [0.1, 0.15) is 6.61 Å². The predicted octanol–water partition coefficient (Wildman–Crippen LogP) is 2.48. The molecule has 2 aromatic rings. The summed E-state index contributed by atoms with van der Waals surface area (Å²) in [4.78, 5) is 0.228. The number of nitrogens with two attached hydrogens (primary N) is 1. The van der Waals surface area contributed by atoms with Gasteiger partial charge in [-0.1, -0.05) is 18.2 Å². The van der Waals surface area contributed by atoms with Crippen molar-refractivity contribution in [2.45, 2.75) is 4.90 Å². The molecule has 0 unspecified atom stereocenters. The highest BCUT2D eigenvalue weighted by atomic mass is 32.2. The van der Waals surface area contributed by atoms with E-state index in [1.165, 1.54) is 11.5 Å². The van der Waals surface area contributed by atoms with Gasteiger partial charge in [-0.25, -0.2) is 8.42 Å². The molecule has 0 spiro atoms. The molecule has 22 heavy (non-hydrogen) atoms. The molecule has 0 saturated carbocycles. The first kappa shape index (κ1) is 14.5. The number of sulfone groups is 1. The highest BCUT2D eigenvalue weighted by molar-refractivity contribution is 7.95. The second kappa shape index (κ2) is 5.38. The number of benzene rings is 2. The standard InChI is InChI=1S/C16H15NO4S/c1-20-14-4-2-3-5-15(14)21-9-11-10-22(18,19)16-8-12(17)6-7-13(11)16/h2-8,10H,9,17H2,1H3. The zero-order valence-electron chi connectivity index (χ0n) is 11.9. The van der Waals surface area contributed by atoms with Crippen LogP contribution in [0.4, 0.5) is 5.69 Å². The molecule has 1 aliphatic heterocycles. The Hall–Kier alpha value is -2.47. The molecule has 6 heteroatoms. The molecule has 0 bridgehead atoms. The van der Waals surface area contributed by atoms with E-state index in [1.54, 1.807) is 31.4 Å². The molecule has 0 fully saturated rings. The first-order valence-electron chi connectivity index (χ1n) is 6.62. The Morgan fingerprint density at radius 1 is 1.09 bits per heavy atom. The van der Waals surface area contributed by atoms with E-state index in [1.807, 2.05) is 12.1 Å². The van der Waals surface area contributed by atoms with Gasteiger partial charge in [0.05, 0.1) is 12.0 Å². The molecular formula is C16H15NO4S. The molecular weight excluding hydrogens is 302 g/mol. The van der Waals surface area contributed by atoms with Gasteiger partial charge < -0.3 is 15.2 Å². The highest BCUT2D eigenvalue weighted by Crippen LogP contribution is 2.35. The molecule has 3 rings (SSSR count). The first-order chi connectivity index (χ1) is 10.5. The van der Waals surface area contributed by atoms with Crippen LogP contribution in [0.25, 0.3) is 5.57 Å². The summed E-state index contributed by atoms with van der Waals surface area (Å²) in [6, 6.07) is 12.1. The molecule has 1 aliphatic rings. The van der Waals surface area contributed by atoms with Crippen LogP contribution in [0, 0.1) is 0 Å². The third kappa shape index (κ3) is 2.53. The van der Waals surface area contributed by atoms with Gasteiger partial charge in [-0.3, -0.25) is 0 Å². The van der Waals surface area contributed by atoms with Crippen molar-refractivity contribution in [2.24, 2.45) is 0 Å². The second-order valence-electron chi connectivity index (χ2n) is 4.88. The molecule has 0 radical (unpaired) electrons. The van der Waals surface area contributed by atoms with Crippen molar-refractivity contribution in [1.29, 1.82) is 0 Å². The summed E-state index contributed by atoms with van der Waals surface area (Å²) < 4.78 is 35.2. The summed E-state index contributed by atoms with van der Waals surface area (Å²) >= 11 is 0. The quantitative estimate of drug-likeness (QED) is 0.877. The summed E-state index contributed by atoms with van der Waals surface area (Å²) in [5.74, 6) is 1.16. The summed E-state index contributed by atoms with van der Waals surface area (Å²) in [5.41, 5.74) is 7.31. The van der Waals surface area contributed by atoms with E-state index >= 15 is 0 Å². The van der Waals surface area contributed by atoms with E-state index in [4.69, 9.17) is 15.2 Å². The van der Waals surface area contributed by atoms with Crippen LogP contribution in [-0.2, 0) is 9.84 Å². The van der Waals surface area contributed by atoms with E-state index in [0.29, 0.717) is 28.3 Å². The molecule has 0 aromatic heterocycles. The largest absolute Gasteiger partial charge is 0.493 e. The summed E-state index contributed by atoms with van der Waals surface area (Å²) in [6.07, 6.45) is 0. The van der Waals surface area contributed by atoms with E-state index < -0.39 is 9.84 Å². The lowest BCUT2D eigenvalue weighted by atomic mass is 10.1. The average Bonchev–Trinajstić information content (AvgIpc) is 2.76. The SMILES string of the molecule is COc1ccccc1OCC1=CS(=O)(=O)c2cc(N)ccc21. The summed E-state index contributed by atoms with van der Waals surface area (Å²) in [6.45, 7) is 0.135. The molecule has 0 amide bonds. The molecule has 2 aromatic carbocycles.